The first kappa shape index (κ1) is 25.8. The van der Waals surface area contributed by atoms with Crippen LogP contribution in [-0.4, -0.2) is 11.5 Å². The summed E-state index contributed by atoms with van der Waals surface area (Å²) in [6, 6.07) is 2.28. The van der Waals surface area contributed by atoms with Gasteiger partial charge in [-0.25, -0.2) is 0 Å². The molecule has 0 spiro atoms. The SMILES string of the molecule is C/C=C\CC/C(CCCCC[C@H](CN)C(C)(CC)CC)=c1/cc[nH]/c1=C\CCC. The highest BCUT2D eigenvalue weighted by Gasteiger charge is 2.29. The first-order valence-corrected chi connectivity index (χ1v) is 12.2. The Balaban J connectivity index is 2.73. The summed E-state index contributed by atoms with van der Waals surface area (Å²) in [6.07, 6.45) is 22.5. The van der Waals surface area contributed by atoms with Crippen LogP contribution in [-0.2, 0) is 0 Å². The van der Waals surface area contributed by atoms with Crippen LogP contribution in [0.3, 0.4) is 0 Å². The van der Waals surface area contributed by atoms with Gasteiger partial charge in [-0.3, -0.25) is 0 Å². The van der Waals surface area contributed by atoms with E-state index in [1.54, 1.807) is 5.57 Å². The maximum absolute atomic E-state index is 6.14. The number of aromatic nitrogens is 1. The van der Waals surface area contributed by atoms with Gasteiger partial charge in [0, 0.05) is 11.5 Å². The zero-order valence-corrected chi connectivity index (χ0v) is 20.0. The predicted octanol–water partition coefficient (Wildman–Crippen LogP) is 6.45. The Labute approximate surface area is 180 Å². The molecule has 2 nitrogen and oxygen atoms in total. The van der Waals surface area contributed by atoms with E-state index in [0.717, 1.165) is 19.4 Å². The van der Waals surface area contributed by atoms with Crippen molar-refractivity contribution in [1.82, 2.24) is 4.98 Å². The molecule has 0 radical (unpaired) electrons. The minimum absolute atomic E-state index is 0.410. The third kappa shape index (κ3) is 8.54. The number of unbranched alkanes of at least 4 members (excludes halogenated alkanes) is 3. The van der Waals surface area contributed by atoms with E-state index < -0.39 is 0 Å². The Morgan fingerprint density at radius 1 is 1.10 bits per heavy atom. The number of nitrogens with two attached hydrogens (primary N) is 1. The van der Waals surface area contributed by atoms with Crippen LogP contribution in [0.4, 0.5) is 0 Å². The van der Waals surface area contributed by atoms with E-state index in [2.05, 4.69) is 70.1 Å². The summed E-state index contributed by atoms with van der Waals surface area (Å²) in [5.74, 6) is 0.663. The average Bonchev–Trinajstić information content (AvgIpc) is 3.21. The van der Waals surface area contributed by atoms with E-state index in [0.29, 0.717) is 11.3 Å². The number of rotatable bonds is 15. The third-order valence-electron chi connectivity index (χ3n) is 7.06. The van der Waals surface area contributed by atoms with Crippen molar-refractivity contribution in [2.45, 2.75) is 105 Å². The van der Waals surface area contributed by atoms with Gasteiger partial charge in [0.25, 0.3) is 0 Å². The smallest absolute Gasteiger partial charge is 0.0412 e. The third-order valence-corrected chi connectivity index (χ3v) is 7.06. The molecule has 0 fully saturated rings. The monoisotopic (exact) mass is 400 g/mol. The fraction of sp³-hybridized carbons (Fsp3) is 0.704. The van der Waals surface area contributed by atoms with Crippen LogP contribution in [0.5, 0.6) is 0 Å². The molecule has 1 aromatic rings. The first-order valence-electron chi connectivity index (χ1n) is 12.2. The lowest BCUT2D eigenvalue weighted by molar-refractivity contribution is 0.160. The molecule has 0 aliphatic rings. The van der Waals surface area contributed by atoms with Crippen molar-refractivity contribution in [3.8, 4) is 0 Å². The van der Waals surface area contributed by atoms with Crippen LogP contribution in [0.1, 0.15) is 105 Å². The van der Waals surface area contributed by atoms with Crippen molar-refractivity contribution < 1.29 is 0 Å². The van der Waals surface area contributed by atoms with Crippen molar-refractivity contribution in [1.29, 1.82) is 0 Å². The van der Waals surface area contributed by atoms with Gasteiger partial charge in [-0.2, -0.15) is 0 Å². The highest BCUT2D eigenvalue weighted by molar-refractivity contribution is 5.45. The highest BCUT2D eigenvalue weighted by atomic mass is 14.6. The van der Waals surface area contributed by atoms with E-state index in [1.165, 1.54) is 68.4 Å². The molecule has 29 heavy (non-hydrogen) atoms. The molecule has 0 aliphatic heterocycles. The molecule has 2 heteroatoms. The molecule has 0 bridgehead atoms. The van der Waals surface area contributed by atoms with Crippen molar-refractivity contribution >= 4 is 11.6 Å². The molecular formula is C27H48N2. The fourth-order valence-corrected chi connectivity index (χ4v) is 4.45. The largest absolute Gasteiger partial charge is 0.361 e. The lowest BCUT2D eigenvalue weighted by atomic mass is 9.71. The minimum atomic E-state index is 0.410. The van der Waals surface area contributed by atoms with E-state index >= 15 is 0 Å². The molecule has 1 atom stereocenters. The number of H-pyrrole nitrogens is 1. The summed E-state index contributed by atoms with van der Waals surface area (Å²) < 4.78 is 0. The highest BCUT2D eigenvalue weighted by Crippen LogP contribution is 2.37. The molecule has 0 aromatic carbocycles. The zero-order chi connectivity index (χ0) is 21.5. The van der Waals surface area contributed by atoms with Crippen molar-refractivity contribution in [3.63, 3.8) is 0 Å². The molecule has 0 aliphatic carbocycles. The Bertz CT molecular complexity index is 676. The van der Waals surface area contributed by atoms with Gasteiger partial charge in [-0.1, -0.05) is 83.6 Å². The summed E-state index contributed by atoms with van der Waals surface area (Å²) in [4.78, 5) is 3.46. The van der Waals surface area contributed by atoms with Crippen LogP contribution in [0.15, 0.2) is 24.4 Å². The molecule has 1 rings (SSSR count). The number of hydrogen-bond donors (Lipinski definition) is 2. The summed E-state index contributed by atoms with van der Waals surface area (Å²) in [5.41, 5.74) is 8.17. The van der Waals surface area contributed by atoms with Crippen LogP contribution in [0, 0.1) is 11.3 Å². The summed E-state index contributed by atoms with van der Waals surface area (Å²) in [5, 5.41) is 2.78. The van der Waals surface area contributed by atoms with Gasteiger partial charge < -0.3 is 10.7 Å². The number of hydrogen-bond acceptors (Lipinski definition) is 1. The van der Waals surface area contributed by atoms with Crippen LogP contribution in [0.25, 0.3) is 11.6 Å². The normalized spacial score (nSPS) is 15.3. The van der Waals surface area contributed by atoms with Crippen LogP contribution < -0.4 is 16.3 Å². The summed E-state index contributed by atoms with van der Waals surface area (Å²) in [6.45, 7) is 12.3. The second-order valence-corrected chi connectivity index (χ2v) is 8.90. The molecular weight excluding hydrogens is 352 g/mol. The first-order chi connectivity index (χ1) is 14.1. The summed E-state index contributed by atoms with van der Waals surface area (Å²) >= 11 is 0. The zero-order valence-electron chi connectivity index (χ0n) is 20.0. The molecule has 0 amide bonds. The van der Waals surface area contributed by atoms with E-state index in [1.807, 2.05) is 0 Å². The van der Waals surface area contributed by atoms with Gasteiger partial charge in [0.15, 0.2) is 0 Å². The Hall–Kier alpha value is -1.28. The molecule has 0 saturated carbocycles. The molecule has 1 heterocycles. The van der Waals surface area contributed by atoms with E-state index in [9.17, 15) is 0 Å². The molecule has 166 valence electrons. The van der Waals surface area contributed by atoms with Crippen LogP contribution >= 0.6 is 0 Å². The van der Waals surface area contributed by atoms with Gasteiger partial charge >= 0.3 is 0 Å². The lowest BCUT2D eigenvalue weighted by Crippen LogP contribution is -2.32. The fourth-order valence-electron chi connectivity index (χ4n) is 4.45. The standard InChI is InChI=1S/C27H48N2/c1-6-10-13-16-23(25-20-21-29-26(25)19-11-7-2)17-14-12-15-18-24(22-28)27(5,8-3)9-4/h6,10,19-21,24,29H,7-9,11-18,22,28H2,1-5H3/b10-6-,25-23+,26-19-/t24-/m1/s1. The van der Waals surface area contributed by atoms with Gasteiger partial charge in [0.1, 0.15) is 0 Å². The van der Waals surface area contributed by atoms with Crippen molar-refractivity contribution in [2.75, 3.05) is 6.54 Å². The van der Waals surface area contributed by atoms with Gasteiger partial charge in [-0.05, 0) is 74.6 Å². The lowest BCUT2D eigenvalue weighted by Gasteiger charge is -2.36. The minimum Gasteiger partial charge on any atom is -0.361 e. The second kappa shape index (κ2) is 14.7. The van der Waals surface area contributed by atoms with E-state index in [4.69, 9.17) is 5.73 Å². The molecule has 3 N–H and O–H groups in total. The average molecular weight is 401 g/mol. The van der Waals surface area contributed by atoms with E-state index in [-0.39, 0.29) is 0 Å². The van der Waals surface area contributed by atoms with Crippen LogP contribution in [0.2, 0.25) is 0 Å². The second-order valence-electron chi connectivity index (χ2n) is 8.90. The number of allylic oxidation sites excluding steroid dienone is 2. The van der Waals surface area contributed by atoms with Crippen molar-refractivity contribution in [3.05, 3.63) is 35.0 Å². The topological polar surface area (TPSA) is 41.8 Å². The molecule has 0 unspecified atom stereocenters. The van der Waals surface area contributed by atoms with Gasteiger partial charge in [0.05, 0.1) is 0 Å². The number of aromatic amines is 1. The Morgan fingerprint density at radius 3 is 2.48 bits per heavy atom. The number of nitrogens with one attached hydrogen (secondary N) is 1. The van der Waals surface area contributed by atoms with Gasteiger partial charge in [-0.15, -0.1) is 0 Å². The predicted molar refractivity (Wildman–Crippen MR) is 131 cm³/mol. The van der Waals surface area contributed by atoms with Gasteiger partial charge in [0.2, 0.25) is 0 Å². The molecule has 1 aromatic heterocycles. The summed E-state index contributed by atoms with van der Waals surface area (Å²) in [7, 11) is 0. The Morgan fingerprint density at radius 2 is 1.86 bits per heavy atom. The maximum Gasteiger partial charge on any atom is 0.0412 e. The molecule has 0 saturated heterocycles. The Kier molecular flexibility index (Phi) is 13.0. The quantitative estimate of drug-likeness (QED) is 0.258. The van der Waals surface area contributed by atoms with Crippen molar-refractivity contribution in [2.24, 2.45) is 17.1 Å². The maximum atomic E-state index is 6.14.